The molecule has 0 aliphatic heterocycles. The van der Waals surface area contributed by atoms with Crippen LogP contribution in [0.25, 0.3) is 0 Å². The molecule has 0 heterocycles. The second kappa shape index (κ2) is 6.38. The Morgan fingerprint density at radius 3 is 2.40 bits per heavy atom. The minimum absolute atomic E-state index is 0.267. The molecule has 0 bridgehead atoms. The number of hydrogen-bond donors (Lipinski definition) is 0. The zero-order valence-corrected chi connectivity index (χ0v) is 10.0. The summed E-state index contributed by atoms with van der Waals surface area (Å²) in [6, 6.07) is 0. The topological polar surface area (TPSA) is 43.4 Å². The van der Waals surface area contributed by atoms with Crippen LogP contribution in [-0.4, -0.2) is 18.9 Å². The second-order valence-electron chi connectivity index (χ2n) is 4.46. The summed E-state index contributed by atoms with van der Waals surface area (Å²) < 4.78 is 4.79. The highest BCUT2D eigenvalue weighted by molar-refractivity contribution is 5.66. The third-order valence-corrected chi connectivity index (χ3v) is 2.20. The number of carbonyl (C=O) groups excluding carboxylic acids is 2. The van der Waals surface area contributed by atoms with Crippen LogP contribution in [0.2, 0.25) is 0 Å². The van der Waals surface area contributed by atoms with Gasteiger partial charge < -0.3 is 9.53 Å². The lowest BCUT2D eigenvalue weighted by molar-refractivity contribution is -0.139. The van der Waals surface area contributed by atoms with Crippen LogP contribution in [0.5, 0.6) is 0 Å². The first-order valence-electron chi connectivity index (χ1n) is 5.13. The summed E-state index contributed by atoms with van der Waals surface area (Å²) in [5, 5.41) is 0. The van der Waals surface area contributed by atoms with Gasteiger partial charge in [0, 0.05) is 12.3 Å². The minimum Gasteiger partial charge on any atom is -0.462 e. The standard InChI is InChI=1S/C12H20O3/c1-10(6-8-15-11(2)14)5-7-12(3,4)9-13/h6,9H,5,7-8H2,1-4H3/b10-6+. The smallest absolute Gasteiger partial charge is 0.302 e. The summed E-state index contributed by atoms with van der Waals surface area (Å²) >= 11 is 0. The highest BCUT2D eigenvalue weighted by Gasteiger charge is 2.15. The van der Waals surface area contributed by atoms with Gasteiger partial charge in [-0.25, -0.2) is 0 Å². The SMILES string of the molecule is CC(=O)OC/C=C(\C)CCC(C)(C)C=O. The average Bonchev–Trinajstić information content (AvgIpc) is 2.14. The van der Waals surface area contributed by atoms with Gasteiger partial charge in [0.15, 0.2) is 0 Å². The van der Waals surface area contributed by atoms with Gasteiger partial charge in [-0.3, -0.25) is 4.79 Å². The van der Waals surface area contributed by atoms with E-state index in [4.69, 9.17) is 4.74 Å². The summed E-state index contributed by atoms with van der Waals surface area (Å²) in [5.74, 6) is -0.271. The number of aldehydes is 1. The summed E-state index contributed by atoms with van der Waals surface area (Å²) in [4.78, 5) is 21.1. The normalized spacial score (nSPS) is 12.4. The van der Waals surface area contributed by atoms with Crippen molar-refractivity contribution in [1.29, 1.82) is 0 Å². The maximum absolute atomic E-state index is 10.7. The van der Waals surface area contributed by atoms with Crippen molar-refractivity contribution in [1.82, 2.24) is 0 Å². The Kier molecular flexibility index (Phi) is 5.90. The molecule has 0 aliphatic carbocycles. The van der Waals surface area contributed by atoms with Gasteiger partial charge in [-0.1, -0.05) is 19.4 Å². The molecular weight excluding hydrogens is 192 g/mol. The molecule has 3 heteroatoms. The van der Waals surface area contributed by atoms with Crippen LogP contribution < -0.4 is 0 Å². The Morgan fingerprint density at radius 2 is 1.93 bits per heavy atom. The number of carbonyl (C=O) groups is 2. The third-order valence-electron chi connectivity index (χ3n) is 2.20. The fourth-order valence-electron chi connectivity index (χ4n) is 0.982. The monoisotopic (exact) mass is 212 g/mol. The van der Waals surface area contributed by atoms with Crippen LogP contribution >= 0.6 is 0 Å². The average molecular weight is 212 g/mol. The highest BCUT2D eigenvalue weighted by atomic mass is 16.5. The molecule has 0 aromatic heterocycles. The molecule has 0 aromatic carbocycles. The predicted octanol–water partition coefficient (Wildman–Crippen LogP) is 2.50. The first-order chi connectivity index (χ1) is 6.87. The lowest BCUT2D eigenvalue weighted by atomic mass is 9.88. The van der Waals surface area contributed by atoms with Crippen molar-refractivity contribution in [3.63, 3.8) is 0 Å². The van der Waals surface area contributed by atoms with Gasteiger partial charge in [-0.05, 0) is 25.8 Å². The van der Waals surface area contributed by atoms with E-state index in [1.165, 1.54) is 6.92 Å². The van der Waals surface area contributed by atoms with E-state index in [-0.39, 0.29) is 11.4 Å². The number of allylic oxidation sites excluding steroid dienone is 1. The summed E-state index contributed by atoms with van der Waals surface area (Å²) in [7, 11) is 0. The van der Waals surface area contributed by atoms with Gasteiger partial charge >= 0.3 is 5.97 Å². The Bertz CT molecular complexity index is 252. The maximum Gasteiger partial charge on any atom is 0.302 e. The molecule has 0 N–H and O–H groups in total. The fraction of sp³-hybridized carbons (Fsp3) is 0.667. The molecule has 0 rings (SSSR count). The van der Waals surface area contributed by atoms with Gasteiger partial charge in [-0.2, -0.15) is 0 Å². The van der Waals surface area contributed by atoms with Gasteiger partial charge in [0.1, 0.15) is 12.9 Å². The van der Waals surface area contributed by atoms with Crippen molar-refractivity contribution in [2.45, 2.75) is 40.5 Å². The zero-order chi connectivity index (χ0) is 11.9. The van der Waals surface area contributed by atoms with E-state index >= 15 is 0 Å². The Balaban J connectivity index is 3.87. The van der Waals surface area contributed by atoms with E-state index < -0.39 is 0 Å². The van der Waals surface area contributed by atoms with Crippen LogP contribution in [0.3, 0.4) is 0 Å². The quantitative estimate of drug-likeness (QED) is 0.386. The van der Waals surface area contributed by atoms with E-state index in [0.29, 0.717) is 6.61 Å². The Morgan fingerprint density at radius 1 is 1.33 bits per heavy atom. The predicted molar refractivity (Wildman–Crippen MR) is 59.5 cm³/mol. The first kappa shape index (κ1) is 13.9. The highest BCUT2D eigenvalue weighted by Crippen LogP contribution is 2.21. The lowest BCUT2D eigenvalue weighted by Gasteiger charge is -2.16. The first-order valence-corrected chi connectivity index (χ1v) is 5.13. The summed E-state index contributed by atoms with van der Waals surface area (Å²) in [6.45, 7) is 7.52. The van der Waals surface area contributed by atoms with Crippen molar-refractivity contribution >= 4 is 12.3 Å². The summed E-state index contributed by atoms with van der Waals surface area (Å²) in [5.41, 5.74) is 0.877. The number of ether oxygens (including phenoxy) is 1. The van der Waals surface area contributed by atoms with Crippen LogP contribution in [0.15, 0.2) is 11.6 Å². The molecule has 15 heavy (non-hydrogen) atoms. The zero-order valence-electron chi connectivity index (χ0n) is 10.0. The van der Waals surface area contributed by atoms with Gasteiger partial charge in [0.25, 0.3) is 0 Å². The molecule has 0 atom stereocenters. The fourth-order valence-corrected chi connectivity index (χ4v) is 0.982. The third kappa shape index (κ3) is 7.91. The maximum atomic E-state index is 10.7. The molecule has 3 nitrogen and oxygen atoms in total. The number of hydrogen-bond acceptors (Lipinski definition) is 3. The molecule has 0 amide bonds. The van der Waals surface area contributed by atoms with E-state index in [1.54, 1.807) is 0 Å². The van der Waals surface area contributed by atoms with Crippen LogP contribution in [0, 0.1) is 5.41 Å². The Hall–Kier alpha value is -1.12. The van der Waals surface area contributed by atoms with Crippen molar-refractivity contribution in [3.05, 3.63) is 11.6 Å². The second-order valence-corrected chi connectivity index (χ2v) is 4.46. The molecule has 0 saturated carbocycles. The van der Waals surface area contributed by atoms with E-state index in [9.17, 15) is 9.59 Å². The molecule has 0 spiro atoms. The molecule has 0 fully saturated rings. The van der Waals surface area contributed by atoms with E-state index in [0.717, 1.165) is 24.7 Å². The molecule has 0 aliphatic rings. The minimum atomic E-state index is -0.271. The van der Waals surface area contributed by atoms with Crippen molar-refractivity contribution in [2.24, 2.45) is 5.41 Å². The van der Waals surface area contributed by atoms with E-state index in [1.807, 2.05) is 26.8 Å². The molecule has 0 aromatic rings. The summed E-state index contributed by atoms with van der Waals surface area (Å²) in [6.07, 6.45) is 4.53. The van der Waals surface area contributed by atoms with Gasteiger partial charge in [0.2, 0.25) is 0 Å². The van der Waals surface area contributed by atoms with Crippen molar-refractivity contribution in [2.75, 3.05) is 6.61 Å². The molecular formula is C12H20O3. The molecule has 86 valence electrons. The van der Waals surface area contributed by atoms with Gasteiger partial charge in [-0.15, -0.1) is 0 Å². The lowest BCUT2D eigenvalue weighted by Crippen LogP contribution is -2.12. The molecule has 0 radical (unpaired) electrons. The Labute approximate surface area is 91.5 Å². The van der Waals surface area contributed by atoms with Crippen LogP contribution in [0.4, 0.5) is 0 Å². The molecule has 0 saturated heterocycles. The largest absolute Gasteiger partial charge is 0.462 e. The van der Waals surface area contributed by atoms with Crippen LogP contribution in [-0.2, 0) is 14.3 Å². The van der Waals surface area contributed by atoms with Gasteiger partial charge in [0.05, 0.1) is 0 Å². The van der Waals surface area contributed by atoms with Crippen molar-refractivity contribution < 1.29 is 14.3 Å². The van der Waals surface area contributed by atoms with E-state index in [2.05, 4.69) is 0 Å². The number of rotatable bonds is 6. The number of esters is 1. The van der Waals surface area contributed by atoms with Crippen LogP contribution in [0.1, 0.15) is 40.5 Å². The molecule has 0 unspecified atom stereocenters. The van der Waals surface area contributed by atoms with Crippen molar-refractivity contribution in [3.8, 4) is 0 Å².